The first-order valence-corrected chi connectivity index (χ1v) is 9.29. The number of amides is 1. The third kappa shape index (κ3) is 4.49. The Hall–Kier alpha value is -3.34. The SMILES string of the molecule is N#CC(=Cc1ccc(-c2ccc(Cl)c(C(=O)O)c2)o1)C(=O)NCc1cccs1. The zero-order valence-corrected chi connectivity index (χ0v) is 15.9. The third-order valence-electron chi connectivity index (χ3n) is 3.76. The Morgan fingerprint density at radius 1 is 1.29 bits per heavy atom. The standard InChI is InChI=1S/C20H13ClN2O4S/c21-17-5-3-12(9-16(17)20(25)26)18-6-4-14(27-18)8-13(10-22)19(24)23-11-15-2-1-7-28-15/h1-9H,11H2,(H,23,24)(H,25,26). The van der Waals surface area contributed by atoms with Crippen LogP contribution in [-0.2, 0) is 11.3 Å². The van der Waals surface area contributed by atoms with Crippen LogP contribution in [0.25, 0.3) is 17.4 Å². The molecule has 1 amide bonds. The molecule has 0 unspecified atom stereocenters. The number of rotatable bonds is 6. The van der Waals surface area contributed by atoms with Gasteiger partial charge < -0.3 is 14.8 Å². The van der Waals surface area contributed by atoms with Crippen LogP contribution >= 0.6 is 22.9 Å². The minimum absolute atomic E-state index is 0.0432. The molecule has 0 aliphatic carbocycles. The first-order chi connectivity index (χ1) is 13.5. The zero-order valence-electron chi connectivity index (χ0n) is 14.3. The predicted octanol–water partition coefficient (Wildman–Crippen LogP) is 4.58. The molecule has 0 saturated carbocycles. The van der Waals surface area contributed by atoms with E-state index in [9.17, 15) is 14.9 Å². The van der Waals surface area contributed by atoms with E-state index in [1.165, 1.54) is 29.5 Å². The molecule has 2 aromatic heterocycles. The Morgan fingerprint density at radius 3 is 2.79 bits per heavy atom. The van der Waals surface area contributed by atoms with E-state index in [-0.39, 0.29) is 16.2 Å². The molecular weight excluding hydrogens is 400 g/mol. The number of thiophene rings is 1. The summed E-state index contributed by atoms with van der Waals surface area (Å²) in [5.74, 6) is -0.965. The first-order valence-electron chi connectivity index (χ1n) is 8.03. The van der Waals surface area contributed by atoms with Crippen LogP contribution in [-0.4, -0.2) is 17.0 Å². The number of furan rings is 1. The molecule has 0 atom stereocenters. The lowest BCUT2D eigenvalue weighted by Crippen LogP contribution is -2.23. The van der Waals surface area contributed by atoms with Crippen LogP contribution in [0.4, 0.5) is 0 Å². The molecule has 0 aliphatic heterocycles. The van der Waals surface area contributed by atoms with Gasteiger partial charge in [0.15, 0.2) is 0 Å². The highest BCUT2D eigenvalue weighted by molar-refractivity contribution is 7.09. The molecule has 0 aliphatic rings. The number of hydrogen-bond donors (Lipinski definition) is 2. The van der Waals surface area contributed by atoms with Crippen molar-refractivity contribution in [3.8, 4) is 17.4 Å². The van der Waals surface area contributed by atoms with Gasteiger partial charge in [-0.2, -0.15) is 5.26 Å². The molecule has 3 rings (SSSR count). The van der Waals surface area contributed by atoms with Gasteiger partial charge >= 0.3 is 5.97 Å². The van der Waals surface area contributed by atoms with Crippen molar-refractivity contribution in [1.29, 1.82) is 5.26 Å². The summed E-state index contributed by atoms with van der Waals surface area (Å²) in [7, 11) is 0. The molecule has 0 bridgehead atoms. The van der Waals surface area contributed by atoms with E-state index in [1.807, 2.05) is 23.6 Å². The normalized spacial score (nSPS) is 11.1. The second-order valence-electron chi connectivity index (χ2n) is 5.63. The monoisotopic (exact) mass is 412 g/mol. The van der Waals surface area contributed by atoms with Gasteiger partial charge in [-0.25, -0.2) is 4.79 Å². The largest absolute Gasteiger partial charge is 0.478 e. The second kappa shape index (κ2) is 8.57. The number of nitrogens with one attached hydrogen (secondary N) is 1. The Balaban J connectivity index is 1.78. The number of nitrogens with zero attached hydrogens (tertiary/aromatic N) is 1. The summed E-state index contributed by atoms with van der Waals surface area (Å²) in [5, 5.41) is 23.1. The molecule has 6 nitrogen and oxygen atoms in total. The van der Waals surface area contributed by atoms with E-state index in [2.05, 4.69) is 5.32 Å². The molecule has 8 heteroatoms. The van der Waals surface area contributed by atoms with Crippen molar-refractivity contribution in [2.24, 2.45) is 0 Å². The Bertz CT molecular complexity index is 1090. The summed E-state index contributed by atoms with van der Waals surface area (Å²) >= 11 is 7.38. The number of aromatic carboxylic acids is 1. The van der Waals surface area contributed by atoms with Crippen molar-refractivity contribution in [2.75, 3.05) is 0 Å². The summed E-state index contributed by atoms with van der Waals surface area (Å²) in [6, 6.07) is 13.3. The number of nitriles is 1. The fourth-order valence-corrected chi connectivity index (χ4v) is 3.24. The van der Waals surface area contributed by atoms with Gasteiger partial charge in [-0.3, -0.25) is 4.79 Å². The summed E-state index contributed by atoms with van der Waals surface area (Å²) < 4.78 is 5.64. The first kappa shape index (κ1) is 19.4. The molecule has 0 saturated heterocycles. The Labute approximate surface area is 169 Å². The lowest BCUT2D eigenvalue weighted by Gasteiger charge is -2.02. The number of carboxylic acid groups (broad SMARTS) is 1. The number of halogens is 1. The van der Waals surface area contributed by atoms with Crippen molar-refractivity contribution in [3.63, 3.8) is 0 Å². The van der Waals surface area contributed by atoms with Crippen LogP contribution < -0.4 is 5.32 Å². The number of carbonyl (C=O) groups excluding carboxylic acids is 1. The zero-order chi connectivity index (χ0) is 20.1. The molecule has 28 heavy (non-hydrogen) atoms. The van der Waals surface area contributed by atoms with Crippen LogP contribution in [0.5, 0.6) is 0 Å². The van der Waals surface area contributed by atoms with Crippen molar-refractivity contribution in [2.45, 2.75) is 6.54 Å². The van der Waals surface area contributed by atoms with Crippen LogP contribution in [0.3, 0.4) is 0 Å². The lowest BCUT2D eigenvalue weighted by molar-refractivity contribution is -0.117. The lowest BCUT2D eigenvalue weighted by atomic mass is 10.1. The molecule has 1 aromatic carbocycles. The number of benzene rings is 1. The molecule has 140 valence electrons. The van der Waals surface area contributed by atoms with Crippen LogP contribution in [0.2, 0.25) is 5.02 Å². The smallest absolute Gasteiger partial charge is 0.337 e. The highest BCUT2D eigenvalue weighted by atomic mass is 35.5. The number of hydrogen-bond acceptors (Lipinski definition) is 5. The fraction of sp³-hybridized carbons (Fsp3) is 0.0500. The topological polar surface area (TPSA) is 103 Å². The van der Waals surface area contributed by atoms with Crippen molar-refractivity contribution < 1.29 is 19.1 Å². The maximum absolute atomic E-state index is 12.2. The molecule has 0 radical (unpaired) electrons. The summed E-state index contributed by atoms with van der Waals surface area (Å²) in [4.78, 5) is 24.4. The predicted molar refractivity (Wildman–Crippen MR) is 106 cm³/mol. The molecule has 2 N–H and O–H groups in total. The van der Waals surface area contributed by atoms with Crippen LogP contribution in [0.15, 0.2) is 57.8 Å². The van der Waals surface area contributed by atoms with Gasteiger partial charge in [0.1, 0.15) is 23.2 Å². The van der Waals surface area contributed by atoms with E-state index < -0.39 is 11.9 Å². The Kier molecular flexibility index (Phi) is 5.94. The van der Waals surface area contributed by atoms with Crippen LogP contribution in [0, 0.1) is 11.3 Å². The average molecular weight is 413 g/mol. The van der Waals surface area contributed by atoms with E-state index in [1.54, 1.807) is 18.2 Å². The third-order valence-corrected chi connectivity index (χ3v) is 4.97. The highest BCUT2D eigenvalue weighted by Crippen LogP contribution is 2.27. The van der Waals surface area contributed by atoms with E-state index in [0.29, 0.717) is 23.6 Å². The quantitative estimate of drug-likeness (QED) is 0.455. The van der Waals surface area contributed by atoms with Crippen molar-refractivity contribution in [3.05, 3.63) is 74.6 Å². The molecule has 3 aromatic rings. The molecule has 2 heterocycles. The van der Waals surface area contributed by atoms with E-state index in [4.69, 9.17) is 21.1 Å². The van der Waals surface area contributed by atoms with Gasteiger partial charge in [0.05, 0.1) is 17.1 Å². The van der Waals surface area contributed by atoms with Gasteiger partial charge in [0.25, 0.3) is 5.91 Å². The van der Waals surface area contributed by atoms with E-state index in [0.717, 1.165) is 4.88 Å². The molecular formula is C20H13ClN2O4S. The van der Waals surface area contributed by atoms with Crippen molar-refractivity contribution in [1.82, 2.24) is 5.32 Å². The highest BCUT2D eigenvalue weighted by Gasteiger charge is 2.14. The maximum Gasteiger partial charge on any atom is 0.337 e. The maximum atomic E-state index is 12.2. The minimum atomic E-state index is -1.15. The minimum Gasteiger partial charge on any atom is -0.478 e. The van der Waals surface area contributed by atoms with Gasteiger partial charge in [0.2, 0.25) is 0 Å². The summed E-state index contributed by atoms with van der Waals surface area (Å²) in [6.07, 6.45) is 1.33. The van der Waals surface area contributed by atoms with Gasteiger partial charge in [-0.05, 0) is 41.8 Å². The van der Waals surface area contributed by atoms with Crippen LogP contribution in [0.1, 0.15) is 21.0 Å². The molecule has 0 spiro atoms. The Morgan fingerprint density at radius 2 is 2.11 bits per heavy atom. The van der Waals surface area contributed by atoms with Gasteiger partial charge in [0, 0.05) is 16.5 Å². The second-order valence-corrected chi connectivity index (χ2v) is 7.07. The summed E-state index contributed by atoms with van der Waals surface area (Å²) in [5.41, 5.74) is 0.375. The van der Waals surface area contributed by atoms with Gasteiger partial charge in [-0.15, -0.1) is 11.3 Å². The van der Waals surface area contributed by atoms with Crippen molar-refractivity contribution >= 4 is 40.9 Å². The number of carbonyl (C=O) groups is 2. The fourth-order valence-electron chi connectivity index (χ4n) is 2.39. The number of carboxylic acids is 1. The van der Waals surface area contributed by atoms with Gasteiger partial charge in [-0.1, -0.05) is 17.7 Å². The summed E-state index contributed by atoms with van der Waals surface area (Å²) in [6.45, 7) is 0.335. The molecule has 0 fully saturated rings. The average Bonchev–Trinajstić information content (AvgIpc) is 3.36. The van der Waals surface area contributed by atoms with E-state index >= 15 is 0 Å².